The molecule has 0 N–H and O–H groups in total. The Hall–Kier alpha value is -1.61. The van der Waals surface area contributed by atoms with Gasteiger partial charge in [0.05, 0.1) is 11.7 Å². The number of halogens is 1. The van der Waals surface area contributed by atoms with Crippen molar-refractivity contribution >= 4 is 27.8 Å². The summed E-state index contributed by atoms with van der Waals surface area (Å²) >= 11 is 3.46. The SMILES string of the molecule is Brc1ccc(N2N=CC[C@@H]2c2ccccc2)cc1. The maximum atomic E-state index is 4.49. The molecule has 3 rings (SSSR count). The first-order valence-corrected chi connectivity index (χ1v) is 6.76. The van der Waals surface area contributed by atoms with Crippen molar-refractivity contribution in [1.29, 1.82) is 0 Å². The molecule has 18 heavy (non-hydrogen) atoms. The standard InChI is InChI=1S/C15H13BrN2/c16-13-6-8-14(9-7-13)18-15(10-11-17-18)12-4-2-1-3-5-12/h1-9,11,15H,10H2/t15-/m1/s1. The normalized spacial score (nSPS) is 18.3. The third kappa shape index (κ3) is 2.18. The lowest BCUT2D eigenvalue weighted by atomic mass is 10.0. The maximum absolute atomic E-state index is 4.49. The van der Waals surface area contributed by atoms with Crippen molar-refractivity contribution < 1.29 is 0 Å². The fraction of sp³-hybridized carbons (Fsp3) is 0.133. The minimum absolute atomic E-state index is 0.312. The summed E-state index contributed by atoms with van der Waals surface area (Å²) in [5.41, 5.74) is 2.43. The number of benzene rings is 2. The number of anilines is 1. The zero-order valence-electron chi connectivity index (χ0n) is 9.83. The lowest BCUT2D eigenvalue weighted by Crippen LogP contribution is -2.18. The Kier molecular flexibility index (Phi) is 3.15. The molecule has 0 saturated heterocycles. The highest BCUT2D eigenvalue weighted by Gasteiger charge is 2.23. The van der Waals surface area contributed by atoms with Crippen LogP contribution in [0.5, 0.6) is 0 Å². The molecule has 1 aliphatic rings. The Balaban J connectivity index is 1.91. The summed E-state index contributed by atoms with van der Waals surface area (Å²) < 4.78 is 1.09. The summed E-state index contributed by atoms with van der Waals surface area (Å²) in [5, 5.41) is 6.57. The van der Waals surface area contributed by atoms with Crippen molar-refractivity contribution in [2.75, 3.05) is 5.01 Å². The second-order valence-corrected chi connectivity index (χ2v) is 5.20. The van der Waals surface area contributed by atoms with Crippen LogP contribution in [0.3, 0.4) is 0 Å². The summed E-state index contributed by atoms with van der Waals surface area (Å²) in [6.07, 6.45) is 2.94. The van der Waals surface area contributed by atoms with E-state index in [1.54, 1.807) is 0 Å². The van der Waals surface area contributed by atoms with E-state index in [1.807, 2.05) is 24.4 Å². The lowest BCUT2D eigenvalue weighted by Gasteiger charge is -2.24. The van der Waals surface area contributed by atoms with Crippen LogP contribution in [-0.2, 0) is 0 Å². The predicted octanol–water partition coefficient (Wildman–Crippen LogP) is 4.39. The minimum atomic E-state index is 0.312. The van der Waals surface area contributed by atoms with Gasteiger partial charge >= 0.3 is 0 Å². The first-order valence-electron chi connectivity index (χ1n) is 5.97. The third-order valence-electron chi connectivity index (χ3n) is 3.11. The van der Waals surface area contributed by atoms with E-state index >= 15 is 0 Å². The highest BCUT2D eigenvalue weighted by molar-refractivity contribution is 9.10. The maximum Gasteiger partial charge on any atom is 0.0825 e. The molecule has 0 bridgehead atoms. The molecular formula is C15H13BrN2. The number of rotatable bonds is 2. The first kappa shape index (κ1) is 11.5. The second kappa shape index (κ2) is 4.94. The van der Waals surface area contributed by atoms with E-state index in [-0.39, 0.29) is 0 Å². The van der Waals surface area contributed by atoms with Crippen molar-refractivity contribution in [3.05, 3.63) is 64.6 Å². The molecule has 0 saturated carbocycles. The van der Waals surface area contributed by atoms with E-state index in [0.717, 1.165) is 16.6 Å². The number of hydrogen-bond donors (Lipinski definition) is 0. The Morgan fingerprint density at radius 2 is 1.72 bits per heavy atom. The molecule has 1 aliphatic heterocycles. The second-order valence-electron chi connectivity index (χ2n) is 4.28. The van der Waals surface area contributed by atoms with E-state index in [0.29, 0.717) is 6.04 Å². The number of hydrazone groups is 1. The Labute approximate surface area is 115 Å². The largest absolute Gasteiger partial charge is 0.258 e. The van der Waals surface area contributed by atoms with Crippen LogP contribution in [0.4, 0.5) is 5.69 Å². The minimum Gasteiger partial charge on any atom is -0.258 e. The van der Waals surface area contributed by atoms with Crippen LogP contribution in [0.2, 0.25) is 0 Å². The van der Waals surface area contributed by atoms with Gasteiger partial charge in [-0.25, -0.2) is 0 Å². The average Bonchev–Trinajstić information content (AvgIpc) is 2.90. The zero-order chi connectivity index (χ0) is 12.4. The molecular weight excluding hydrogens is 288 g/mol. The monoisotopic (exact) mass is 300 g/mol. The quantitative estimate of drug-likeness (QED) is 0.803. The van der Waals surface area contributed by atoms with E-state index < -0.39 is 0 Å². The topological polar surface area (TPSA) is 15.6 Å². The van der Waals surface area contributed by atoms with Gasteiger partial charge < -0.3 is 0 Å². The molecule has 1 heterocycles. The lowest BCUT2D eigenvalue weighted by molar-refractivity contribution is 0.709. The fourth-order valence-corrected chi connectivity index (χ4v) is 2.47. The summed E-state index contributed by atoms with van der Waals surface area (Å²) in [6, 6.07) is 19.1. The van der Waals surface area contributed by atoms with Gasteiger partial charge in [-0.1, -0.05) is 46.3 Å². The molecule has 0 aromatic heterocycles. The summed E-state index contributed by atoms with van der Waals surface area (Å²) in [7, 11) is 0. The number of hydrogen-bond acceptors (Lipinski definition) is 2. The van der Waals surface area contributed by atoms with Gasteiger partial charge in [-0.3, -0.25) is 5.01 Å². The van der Waals surface area contributed by atoms with Gasteiger partial charge in [0, 0.05) is 17.1 Å². The molecule has 0 aliphatic carbocycles. The summed E-state index contributed by atoms with van der Waals surface area (Å²) in [6.45, 7) is 0. The highest BCUT2D eigenvalue weighted by Crippen LogP contribution is 2.33. The van der Waals surface area contributed by atoms with E-state index in [4.69, 9.17) is 0 Å². The van der Waals surface area contributed by atoms with Crippen LogP contribution in [0.1, 0.15) is 18.0 Å². The molecule has 3 heteroatoms. The van der Waals surface area contributed by atoms with Gasteiger partial charge in [0.1, 0.15) is 0 Å². The van der Waals surface area contributed by atoms with E-state index in [1.165, 1.54) is 5.56 Å². The van der Waals surface area contributed by atoms with E-state index in [2.05, 4.69) is 62.4 Å². The third-order valence-corrected chi connectivity index (χ3v) is 3.63. The van der Waals surface area contributed by atoms with Crippen LogP contribution >= 0.6 is 15.9 Å². The van der Waals surface area contributed by atoms with Crippen LogP contribution in [-0.4, -0.2) is 6.21 Å². The van der Waals surface area contributed by atoms with Crippen LogP contribution < -0.4 is 5.01 Å². The van der Waals surface area contributed by atoms with Crippen molar-refractivity contribution in [2.24, 2.45) is 5.10 Å². The van der Waals surface area contributed by atoms with Gasteiger partial charge in [0.15, 0.2) is 0 Å². The average molecular weight is 301 g/mol. The predicted molar refractivity (Wildman–Crippen MR) is 78.9 cm³/mol. The molecule has 0 fully saturated rings. The Morgan fingerprint density at radius 3 is 2.44 bits per heavy atom. The van der Waals surface area contributed by atoms with Crippen LogP contribution in [0.15, 0.2) is 64.2 Å². The van der Waals surface area contributed by atoms with Gasteiger partial charge in [-0.15, -0.1) is 0 Å². The molecule has 2 nitrogen and oxygen atoms in total. The van der Waals surface area contributed by atoms with Gasteiger partial charge in [-0.05, 0) is 29.8 Å². The molecule has 0 amide bonds. The van der Waals surface area contributed by atoms with Crippen molar-refractivity contribution in [1.82, 2.24) is 0 Å². The Morgan fingerprint density at radius 1 is 1.00 bits per heavy atom. The highest BCUT2D eigenvalue weighted by atomic mass is 79.9. The summed E-state index contributed by atoms with van der Waals surface area (Å²) in [5.74, 6) is 0. The van der Waals surface area contributed by atoms with Crippen molar-refractivity contribution in [3.63, 3.8) is 0 Å². The number of nitrogens with zero attached hydrogens (tertiary/aromatic N) is 2. The molecule has 1 atom stereocenters. The summed E-state index contributed by atoms with van der Waals surface area (Å²) in [4.78, 5) is 0. The zero-order valence-corrected chi connectivity index (χ0v) is 11.4. The van der Waals surface area contributed by atoms with Crippen LogP contribution in [0.25, 0.3) is 0 Å². The van der Waals surface area contributed by atoms with E-state index in [9.17, 15) is 0 Å². The van der Waals surface area contributed by atoms with Crippen molar-refractivity contribution in [2.45, 2.75) is 12.5 Å². The van der Waals surface area contributed by atoms with Gasteiger partial charge in [-0.2, -0.15) is 5.10 Å². The first-order chi connectivity index (χ1) is 8.84. The Bertz CT molecular complexity index is 548. The smallest absolute Gasteiger partial charge is 0.0825 e. The van der Waals surface area contributed by atoms with Gasteiger partial charge in [0.25, 0.3) is 0 Å². The molecule has 0 radical (unpaired) electrons. The van der Waals surface area contributed by atoms with Crippen molar-refractivity contribution in [3.8, 4) is 0 Å². The molecule has 0 spiro atoms. The molecule has 2 aromatic carbocycles. The molecule has 0 unspecified atom stereocenters. The molecule has 90 valence electrons. The fourth-order valence-electron chi connectivity index (χ4n) is 2.21. The van der Waals surface area contributed by atoms with Gasteiger partial charge in [0.2, 0.25) is 0 Å². The van der Waals surface area contributed by atoms with Crippen LogP contribution in [0, 0.1) is 0 Å². The molecule has 2 aromatic rings.